The topological polar surface area (TPSA) is 77.9 Å². The minimum absolute atomic E-state index is 0.0264. The molecular weight excluding hydrogens is 403 g/mol. The zero-order valence-corrected chi connectivity index (χ0v) is 15.7. The molecule has 9 heteroatoms. The Morgan fingerprint density at radius 3 is 2.53 bits per heavy atom. The summed E-state index contributed by atoms with van der Waals surface area (Å²) in [5.74, 6) is -1.68. The van der Waals surface area contributed by atoms with Gasteiger partial charge in [-0.1, -0.05) is 24.3 Å². The highest BCUT2D eigenvalue weighted by atomic mass is 19.4. The van der Waals surface area contributed by atoms with Crippen LogP contribution in [0.25, 0.3) is 22.2 Å². The number of rotatable bonds is 4. The first kappa shape index (κ1) is 20.0. The molecule has 2 aromatic carbocycles. The van der Waals surface area contributed by atoms with Crippen LogP contribution in [0.5, 0.6) is 11.5 Å². The minimum atomic E-state index is -5.36. The highest BCUT2D eigenvalue weighted by Gasteiger charge is 2.63. The Hall–Kier alpha value is -3.33. The van der Waals surface area contributed by atoms with Crippen LogP contribution in [-0.4, -0.2) is 35.6 Å². The first-order chi connectivity index (χ1) is 14.3. The maximum absolute atomic E-state index is 14.0. The number of esters is 1. The molecule has 1 unspecified atom stereocenters. The quantitative estimate of drug-likeness (QED) is 0.646. The van der Waals surface area contributed by atoms with Crippen LogP contribution in [0.1, 0.15) is 12.5 Å². The van der Waals surface area contributed by atoms with Crippen molar-refractivity contribution in [3.8, 4) is 22.8 Å². The molecule has 1 aliphatic heterocycles. The maximum Gasteiger partial charge on any atom is 0.432 e. The standard InChI is InChI=1S/C21H16F3NO5/c1-2-28-19(26)20(27,21(22,23)24)14-10-18-17(29-11-30-18)9-13(14)16-8-7-12-5-3-4-6-15(12)25-16/h3-10,27H,2,11H2,1H3. The van der Waals surface area contributed by atoms with E-state index in [2.05, 4.69) is 9.72 Å². The van der Waals surface area contributed by atoms with E-state index in [0.717, 1.165) is 11.5 Å². The van der Waals surface area contributed by atoms with Gasteiger partial charge in [0.15, 0.2) is 11.5 Å². The zero-order chi connectivity index (χ0) is 21.5. The van der Waals surface area contributed by atoms with Crippen LogP contribution >= 0.6 is 0 Å². The number of benzene rings is 2. The van der Waals surface area contributed by atoms with Crippen LogP contribution in [0.2, 0.25) is 0 Å². The van der Waals surface area contributed by atoms with Crippen LogP contribution in [-0.2, 0) is 15.1 Å². The van der Waals surface area contributed by atoms with Gasteiger partial charge in [-0.2, -0.15) is 13.2 Å². The fraction of sp³-hybridized carbons (Fsp3) is 0.238. The van der Waals surface area contributed by atoms with Crippen molar-refractivity contribution >= 4 is 16.9 Å². The average Bonchev–Trinajstić information content (AvgIpc) is 3.18. The first-order valence-corrected chi connectivity index (χ1v) is 9.02. The van der Waals surface area contributed by atoms with Gasteiger partial charge in [0.25, 0.3) is 5.60 Å². The third-order valence-electron chi connectivity index (χ3n) is 4.76. The molecule has 4 rings (SSSR count). The predicted molar refractivity (Wildman–Crippen MR) is 99.9 cm³/mol. The summed E-state index contributed by atoms with van der Waals surface area (Å²) < 4.78 is 57.1. The van der Waals surface area contributed by atoms with Crippen LogP contribution in [0.15, 0.2) is 48.5 Å². The van der Waals surface area contributed by atoms with E-state index >= 15 is 0 Å². The van der Waals surface area contributed by atoms with E-state index in [0.29, 0.717) is 5.52 Å². The molecule has 1 N–H and O–H groups in total. The minimum Gasteiger partial charge on any atom is -0.463 e. The highest BCUT2D eigenvalue weighted by molar-refractivity contribution is 5.88. The normalized spacial score (nSPS) is 15.1. The number of carbonyl (C=O) groups is 1. The van der Waals surface area contributed by atoms with Crippen LogP contribution < -0.4 is 9.47 Å². The Bertz CT molecular complexity index is 1130. The monoisotopic (exact) mass is 419 g/mol. The maximum atomic E-state index is 14.0. The van der Waals surface area contributed by atoms with Gasteiger partial charge >= 0.3 is 12.1 Å². The number of pyridine rings is 1. The van der Waals surface area contributed by atoms with Crippen molar-refractivity contribution in [3.05, 3.63) is 54.1 Å². The van der Waals surface area contributed by atoms with Crippen molar-refractivity contribution in [3.63, 3.8) is 0 Å². The molecule has 0 saturated carbocycles. The molecule has 0 spiro atoms. The lowest BCUT2D eigenvalue weighted by Gasteiger charge is -2.30. The van der Waals surface area contributed by atoms with Crippen LogP contribution in [0.4, 0.5) is 13.2 Å². The molecule has 1 aliphatic rings. The first-order valence-electron chi connectivity index (χ1n) is 9.02. The third-order valence-corrected chi connectivity index (χ3v) is 4.76. The van der Waals surface area contributed by atoms with Crippen molar-refractivity contribution in [2.45, 2.75) is 18.7 Å². The van der Waals surface area contributed by atoms with E-state index < -0.39 is 23.3 Å². The summed E-state index contributed by atoms with van der Waals surface area (Å²) in [7, 11) is 0. The van der Waals surface area contributed by atoms with Crippen LogP contribution in [0.3, 0.4) is 0 Å². The van der Waals surface area contributed by atoms with Gasteiger partial charge in [0.1, 0.15) is 0 Å². The summed E-state index contributed by atoms with van der Waals surface area (Å²) in [6.45, 7) is 0.804. The number of aromatic nitrogens is 1. The SMILES string of the molecule is CCOC(=O)C(O)(c1cc2c(cc1-c1ccc3ccccc3n1)OCO2)C(F)(F)F. The van der Waals surface area contributed by atoms with Gasteiger partial charge in [-0.05, 0) is 31.2 Å². The number of hydrogen-bond acceptors (Lipinski definition) is 6. The molecule has 156 valence electrons. The van der Waals surface area contributed by atoms with Gasteiger partial charge in [-0.3, -0.25) is 0 Å². The van der Waals surface area contributed by atoms with E-state index in [1.165, 1.54) is 19.1 Å². The summed E-state index contributed by atoms with van der Waals surface area (Å²) >= 11 is 0. The molecule has 0 aliphatic carbocycles. The lowest BCUT2D eigenvalue weighted by Crippen LogP contribution is -2.50. The molecule has 30 heavy (non-hydrogen) atoms. The Labute approximate surface area is 168 Å². The van der Waals surface area contributed by atoms with Crippen LogP contribution in [0, 0.1) is 0 Å². The lowest BCUT2D eigenvalue weighted by molar-refractivity contribution is -0.267. The van der Waals surface area contributed by atoms with E-state index in [1.807, 2.05) is 0 Å². The summed E-state index contributed by atoms with van der Waals surface area (Å²) in [6, 6.07) is 12.4. The van der Waals surface area contributed by atoms with Crippen molar-refractivity contribution in [2.75, 3.05) is 13.4 Å². The lowest BCUT2D eigenvalue weighted by atomic mass is 9.87. The molecule has 3 aromatic rings. The number of alkyl halides is 3. The highest BCUT2D eigenvalue weighted by Crippen LogP contribution is 2.48. The summed E-state index contributed by atoms with van der Waals surface area (Å²) in [5, 5.41) is 11.5. The van der Waals surface area contributed by atoms with Gasteiger partial charge in [0, 0.05) is 16.5 Å². The second kappa shape index (κ2) is 7.17. The fourth-order valence-corrected chi connectivity index (χ4v) is 3.28. The average molecular weight is 419 g/mol. The molecule has 1 atom stereocenters. The van der Waals surface area contributed by atoms with E-state index in [9.17, 15) is 23.1 Å². The summed E-state index contributed by atoms with van der Waals surface area (Å²) in [5.41, 5.74) is -4.15. The largest absolute Gasteiger partial charge is 0.463 e. The molecule has 6 nitrogen and oxygen atoms in total. The number of halogens is 3. The number of para-hydroxylation sites is 1. The number of carbonyl (C=O) groups excluding carboxylic acids is 1. The second-order valence-electron chi connectivity index (χ2n) is 6.57. The summed E-state index contributed by atoms with van der Waals surface area (Å²) in [4.78, 5) is 16.7. The zero-order valence-electron chi connectivity index (χ0n) is 15.7. The van der Waals surface area contributed by atoms with Gasteiger partial charge in [0.2, 0.25) is 6.79 Å². The molecule has 0 radical (unpaired) electrons. The molecule has 0 fully saturated rings. The van der Waals surface area contributed by atoms with Gasteiger partial charge in [-0.25, -0.2) is 9.78 Å². The van der Waals surface area contributed by atoms with E-state index in [-0.39, 0.29) is 36.2 Å². The second-order valence-corrected chi connectivity index (χ2v) is 6.57. The Morgan fingerprint density at radius 1 is 1.13 bits per heavy atom. The van der Waals surface area contributed by atoms with E-state index in [1.54, 1.807) is 30.3 Å². The number of ether oxygens (including phenoxy) is 3. The number of fused-ring (bicyclic) bond motifs is 2. The van der Waals surface area contributed by atoms with Crippen molar-refractivity contribution in [1.29, 1.82) is 0 Å². The Balaban J connectivity index is 2.00. The molecule has 2 heterocycles. The van der Waals surface area contributed by atoms with Crippen molar-refractivity contribution in [1.82, 2.24) is 4.98 Å². The third kappa shape index (κ3) is 3.11. The van der Waals surface area contributed by atoms with Gasteiger partial charge in [-0.15, -0.1) is 0 Å². The fourth-order valence-electron chi connectivity index (χ4n) is 3.28. The number of nitrogens with zero attached hydrogens (tertiary/aromatic N) is 1. The predicted octanol–water partition coefficient (Wildman–Crippen LogP) is 3.94. The molecule has 0 bridgehead atoms. The molecule has 0 amide bonds. The summed E-state index contributed by atoms with van der Waals surface area (Å²) in [6.07, 6.45) is -5.36. The number of aliphatic hydroxyl groups is 1. The Morgan fingerprint density at radius 2 is 1.83 bits per heavy atom. The Kier molecular flexibility index (Phi) is 4.77. The molecule has 0 saturated heterocycles. The van der Waals surface area contributed by atoms with Crippen molar-refractivity contribution in [2.24, 2.45) is 0 Å². The van der Waals surface area contributed by atoms with Gasteiger partial charge in [0.05, 0.1) is 17.8 Å². The van der Waals surface area contributed by atoms with Gasteiger partial charge < -0.3 is 19.3 Å². The smallest absolute Gasteiger partial charge is 0.432 e. The van der Waals surface area contributed by atoms with E-state index in [4.69, 9.17) is 9.47 Å². The molecule has 1 aromatic heterocycles. The van der Waals surface area contributed by atoms with Crippen molar-refractivity contribution < 1.29 is 37.3 Å². The number of hydrogen-bond donors (Lipinski definition) is 1. The molecular formula is C21H16F3NO5.